The summed E-state index contributed by atoms with van der Waals surface area (Å²) in [5.41, 5.74) is 0.371. The molecule has 2 fully saturated rings. The maximum absolute atomic E-state index is 12.5. The van der Waals surface area contributed by atoms with Crippen molar-refractivity contribution in [1.82, 2.24) is 20.3 Å². The van der Waals surface area contributed by atoms with E-state index >= 15 is 0 Å². The Morgan fingerprint density at radius 1 is 1.14 bits per heavy atom. The summed E-state index contributed by atoms with van der Waals surface area (Å²) in [7, 11) is -3.62. The molecule has 1 atom stereocenters. The molecule has 3 rings (SSSR count). The summed E-state index contributed by atoms with van der Waals surface area (Å²) in [5.74, 6) is -0.235. The van der Waals surface area contributed by atoms with E-state index in [9.17, 15) is 13.2 Å². The fourth-order valence-corrected chi connectivity index (χ4v) is 4.77. The Balaban J connectivity index is 0.00000210. The molecule has 29 heavy (non-hydrogen) atoms. The molecule has 0 saturated carbocycles. The molecule has 7 nitrogen and oxygen atoms in total. The van der Waals surface area contributed by atoms with Gasteiger partial charge in [-0.25, -0.2) is 13.1 Å². The molecular formula is C19H32Cl2N4O3S. The van der Waals surface area contributed by atoms with Crippen molar-refractivity contribution < 1.29 is 13.2 Å². The van der Waals surface area contributed by atoms with Crippen LogP contribution in [0.3, 0.4) is 0 Å². The Morgan fingerprint density at radius 3 is 2.59 bits per heavy atom. The summed E-state index contributed by atoms with van der Waals surface area (Å²) in [4.78, 5) is 14.9. The Labute approximate surface area is 186 Å². The molecule has 0 aliphatic carbocycles. The Bertz CT molecular complexity index is 737. The van der Waals surface area contributed by atoms with Gasteiger partial charge in [0.2, 0.25) is 10.0 Å². The molecule has 2 aliphatic heterocycles. The second-order valence-electron chi connectivity index (χ2n) is 7.33. The highest BCUT2D eigenvalue weighted by Crippen LogP contribution is 2.13. The first kappa shape index (κ1) is 26.1. The van der Waals surface area contributed by atoms with E-state index in [2.05, 4.69) is 20.3 Å². The lowest BCUT2D eigenvalue weighted by atomic mass is 10.1. The highest BCUT2D eigenvalue weighted by Gasteiger charge is 2.20. The van der Waals surface area contributed by atoms with Crippen LogP contribution in [0.4, 0.5) is 0 Å². The maximum Gasteiger partial charge on any atom is 0.251 e. The standard InChI is InChI=1S/C19H30N4O3S.2ClH/c24-19(21-10-13-23-11-2-1-3-12-23)16-6-4-8-18(14-16)27(25,26)22-15-17-7-5-9-20-17;;/h4,6,8,14,17,20,22H,1-3,5,7,9-13,15H2,(H,21,24);2*1H/t17-;;/m0../s1. The van der Waals surface area contributed by atoms with Gasteiger partial charge in [-0.1, -0.05) is 12.5 Å². The molecule has 1 aromatic rings. The maximum atomic E-state index is 12.5. The molecule has 1 aromatic carbocycles. The summed E-state index contributed by atoms with van der Waals surface area (Å²) in [5, 5.41) is 6.16. The number of hydrogen-bond donors (Lipinski definition) is 3. The van der Waals surface area contributed by atoms with E-state index in [1.54, 1.807) is 12.1 Å². The normalized spacial score (nSPS) is 19.8. The number of sulfonamides is 1. The molecule has 0 radical (unpaired) electrons. The molecule has 0 aromatic heterocycles. The minimum absolute atomic E-state index is 0. The van der Waals surface area contributed by atoms with Gasteiger partial charge in [0.25, 0.3) is 5.91 Å². The number of hydrogen-bond acceptors (Lipinski definition) is 5. The smallest absolute Gasteiger partial charge is 0.251 e. The molecule has 1 amide bonds. The zero-order chi connectivity index (χ0) is 19.1. The highest BCUT2D eigenvalue weighted by atomic mass is 35.5. The van der Waals surface area contributed by atoms with Crippen LogP contribution in [-0.4, -0.2) is 64.5 Å². The van der Waals surface area contributed by atoms with E-state index < -0.39 is 10.0 Å². The molecule has 166 valence electrons. The highest BCUT2D eigenvalue weighted by molar-refractivity contribution is 7.89. The minimum Gasteiger partial charge on any atom is -0.351 e. The second-order valence-corrected chi connectivity index (χ2v) is 9.10. The third-order valence-corrected chi connectivity index (χ3v) is 6.67. The lowest BCUT2D eigenvalue weighted by Crippen LogP contribution is -2.38. The van der Waals surface area contributed by atoms with Gasteiger partial charge in [-0.05, 0) is 63.5 Å². The average molecular weight is 467 g/mol. The molecule has 0 bridgehead atoms. The van der Waals surface area contributed by atoms with E-state index in [-0.39, 0.29) is 41.7 Å². The summed E-state index contributed by atoms with van der Waals surface area (Å²) in [6.45, 7) is 4.88. The number of carbonyl (C=O) groups excluding carboxylic acids is 1. The van der Waals surface area contributed by atoms with Crippen LogP contribution in [0.15, 0.2) is 29.2 Å². The molecule has 2 heterocycles. The summed E-state index contributed by atoms with van der Waals surface area (Å²) in [6, 6.07) is 6.41. The molecule has 2 aliphatic rings. The average Bonchev–Trinajstić information content (AvgIpc) is 3.21. The van der Waals surface area contributed by atoms with Gasteiger partial charge in [0.1, 0.15) is 0 Å². The Morgan fingerprint density at radius 2 is 1.90 bits per heavy atom. The number of piperidine rings is 1. The minimum atomic E-state index is -3.62. The largest absolute Gasteiger partial charge is 0.351 e. The second kappa shape index (κ2) is 12.7. The summed E-state index contributed by atoms with van der Waals surface area (Å²) >= 11 is 0. The number of nitrogens with zero attached hydrogens (tertiary/aromatic N) is 1. The molecule has 10 heteroatoms. The van der Waals surface area contributed by atoms with Gasteiger partial charge in [-0.15, -0.1) is 24.8 Å². The van der Waals surface area contributed by atoms with Gasteiger partial charge in [-0.3, -0.25) is 4.79 Å². The number of carbonyl (C=O) groups is 1. The number of halogens is 2. The van der Waals surface area contributed by atoms with Gasteiger partial charge in [0, 0.05) is 31.2 Å². The van der Waals surface area contributed by atoms with E-state index in [0.29, 0.717) is 18.7 Å². The lowest BCUT2D eigenvalue weighted by molar-refractivity contribution is 0.0946. The van der Waals surface area contributed by atoms with Crippen molar-refractivity contribution in [3.63, 3.8) is 0 Å². The third kappa shape index (κ3) is 8.03. The molecule has 0 unspecified atom stereocenters. The first-order chi connectivity index (χ1) is 13.0. The number of rotatable bonds is 8. The van der Waals surface area contributed by atoms with Crippen LogP contribution < -0.4 is 15.4 Å². The van der Waals surface area contributed by atoms with E-state index in [1.165, 1.54) is 31.4 Å². The molecule has 3 N–H and O–H groups in total. The molecular weight excluding hydrogens is 435 g/mol. The molecule has 0 spiro atoms. The fraction of sp³-hybridized carbons (Fsp3) is 0.632. The number of nitrogens with one attached hydrogen (secondary N) is 3. The van der Waals surface area contributed by atoms with Crippen molar-refractivity contribution in [2.75, 3.05) is 39.3 Å². The van der Waals surface area contributed by atoms with Crippen LogP contribution in [0.5, 0.6) is 0 Å². The molecule has 2 saturated heterocycles. The van der Waals surface area contributed by atoms with Crippen LogP contribution in [0.25, 0.3) is 0 Å². The van der Waals surface area contributed by atoms with Gasteiger partial charge >= 0.3 is 0 Å². The predicted octanol–water partition coefficient (Wildman–Crippen LogP) is 1.78. The monoisotopic (exact) mass is 466 g/mol. The summed E-state index contributed by atoms with van der Waals surface area (Å²) in [6.07, 6.45) is 5.77. The van der Waals surface area contributed by atoms with E-state index in [1.807, 2.05) is 0 Å². The topological polar surface area (TPSA) is 90.5 Å². The van der Waals surface area contributed by atoms with Crippen molar-refractivity contribution in [2.45, 2.75) is 43.0 Å². The fourth-order valence-electron chi connectivity index (χ4n) is 3.64. The van der Waals surface area contributed by atoms with Crippen molar-refractivity contribution in [2.24, 2.45) is 0 Å². The number of benzene rings is 1. The zero-order valence-corrected chi connectivity index (χ0v) is 19.0. The van der Waals surface area contributed by atoms with Gasteiger partial charge in [0.15, 0.2) is 0 Å². The van der Waals surface area contributed by atoms with Gasteiger partial charge in [0.05, 0.1) is 4.90 Å². The Hall–Kier alpha value is -0.900. The number of amides is 1. The van der Waals surface area contributed by atoms with Crippen LogP contribution in [0.1, 0.15) is 42.5 Å². The first-order valence-electron chi connectivity index (χ1n) is 9.88. The van der Waals surface area contributed by atoms with Crippen LogP contribution in [0, 0.1) is 0 Å². The SMILES string of the molecule is Cl.Cl.O=C(NCCN1CCCCC1)c1cccc(S(=O)(=O)NC[C@@H]2CCCN2)c1. The van der Waals surface area contributed by atoms with Crippen LogP contribution >= 0.6 is 24.8 Å². The van der Waals surface area contributed by atoms with Gasteiger partial charge in [-0.2, -0.15) is 0 Å². The zero-order valence-electron chi connectivity index (χ0n) is 16.6. The first-order valence-corrected chi connectivity index (χ1v) is 11.4. The van der Waals surface area contributed by atoms with Crippen molar-refractivity contribution in [3.8, 4) is 0 Å². The quantitative estimate of drug-likeness (QED) is 0.542. The summed E-state index contributed by atoms with van der Waals surface area (Å²) < 4.78 is 27.7. The van der Waals surface area contributed by atoms with E-state index in [0.717, 1.165) is 39.0 Å². The Kier molecular flexibility index (Phi) is 11.5. The number of likely N-dealkylation sites (tertiary alicyclic amines) is 1. The van der Waals surface area contributed by atoms with Crippen LogP contribution in [-0.2, 0) is 10.0 Å². The van der Waals surface area contributed by atoms with E-state index in [4.69, 9.17) is 0 Å². The predicted molar refractivity (Wildman–Crippen MR) is 120 cm³/mol. The van der Waals surface area contributed by atoms with Crippen molar-refractivity contribution in [1.29, 1.82) is 0 Å². The van der Waals surface area contributed by atoms with Gasteiger partial charge < -0.3 is 15.5 Å². The van der Waals surface area contributed by atoms with Crippen LogP contribution in [0.2, 0.25) is 0 Å². The van der Waals surface area contributed by atoms with Crippen molar-refractivity contribution >= 4 is 40.7 Å². The lowest BCUT2D eigenvalue weighted by Gasteiger charge is -2.26. The van der Waals surface area contributed by atoms with Crippen molar-refractivity contribution in [3.05, 3.63) is 29.8 Å². The third-order valence-electron chi connectivity index (χ3n) is 5.25.